The number of aromatic nitrogens is 2. The minimum absolute atomic E-state index is 0.0116. The summed E-state index contributed by atoms with van der Waals surface area (Å²) >= 11 is 0. The largest absolute Gasteiger partial charge is 0.343 e. The Bertz CT molecular complexity index is 1180. The molecule has 3 heterocycles. The average molecular weight is 523 g/mol. The van der Waals surface area contributed by atoms with Crippen LogP contribution in [0.15, 0.2) is 24.3 Å². The lowest BCUT2D eigenvalue weighted by Gasteiger charge is -2.35. The topological polar surface area (TPSA) is 90.5 Å². The molecule has 0 bridgehead atoms. The number of likely N-dealkylation sites (N-methyl/N-ethyl adjacent to an activating group) is 1. The number of amides is 2. The Hall–Kier alpha value is -3.07. The highest BCUT2D eigenvalue weighted by molar-refractivity contribution is 5.90. The number of rotatable bonds is 7. The van der Waals surface area contributed by atoms with Crippen LogP contribution in [0.4, 0.5) is 15.9 Å². The van der Waals surface area contributed by atoms with Gasteiger partial charge in [0.25, 0.3) is 0 Å². The molecule has 1 aromatic heterocycles. The summed E-state index contributed by atoms with van der Waals surface area (Å²) < 4.78 is 14.0. The second-order valence-electron chi connectivity index (χ2n) is 11.0. The van der Waals surface area contributed by atoms with Crippen LogP contribution in [0.5, 0.6) is 0 Å². The summed E-state index contributed by atoms with van der Waals surface area (Å²) in [5, 5.41) is 6.08. The van der Waals surface area contributed by atoms with Gasteiger partial charge >= 0.3 is 0 Å². The number of nitrogens with one attached hydrogen (secondary N) is 2. The lowest BCUT2D eigenvalue weighted by Crippen LogP contribution is -2.55. The van der Waals surface area contributed by atoms with E-state index in [-0.39, 0.29) is 35.6 Å². The van der Waals surface area contributed by atoms with E-state index in [1.807, 2.05) is 35.8 Å². The van der Waals surface area contributed by atoms with Gasteiger partial charge in [-0.05, 0) is 76.6 Å². The van der Waals surface area contributed by atoms with Crippen LogP contribution >= 0.6 is 0 Å². The monoisotopic (exact) mass is 522 g/mol. The quantitative estimate of drug-likeness (QED) is 0.572. The fourth-order valence-electron chi connectivity index (χ4n) is 6.25. The van der Waals surface area contributed by atoms with Gasteiger partial charge in [-0.3, -0.25) is 9.59 Å². The number of anilines is 2. The van der Waals surface area contributed by atoms with E-state index in [0.717, 1.165) is 74.3 Å². The summed E-state index contributed by atoms with van der Waals surface area (Å²) in [6.45, 7) is 5.03. The Labute approximate surface area is 224 Å². The van der Waals surface area contributed by atoms with Crippen LogP contribution in [0.25, 0.3) is 0 Å². The van der Waals surface area contributed by atoms with Gasteiger partial charge in [0.15, 0.2) is 0 Å². The Kier molecular flexibility index (Phi) is 7.93. The molecule has 5 rings (SSSR count). The Morgan fingerprint density at radius 3 is 2.61 bits per heavy atom. The molecule has 2 amide bonds. The highest BCUT2D eigenvalue weighted by Gasteiger charge is 2.40. The van der Waals surface area contributed by atoms with Gasteiger partial charge in [0.1, 0.15) is 23.5 Å². The van der Waals surface area contributed by atoms with Crippen LogP contribution in [-0.4, -0.2) is 58.9 Å². The van der Waals surface area contributed by atoms with Crippen LogP contribution in [-0.2, 0) is 16.0 Å². The summed E-state index contributed by atoms with van der Waals surface area (Å²) in [6.07, 6.45) is 7.77. The molecular weight excluding hydrogens is 483 g/mol. The summed E-state index contributed by atoms with van der Waals surface area (Å²) in [5.41, 5.74) is 2.75. The fourth-order valence-corrected chi connectivity index (χ4v) is 6.25. The average Bonchev–Trinajstić information content (AvgIpc) is 3.58. The fraction of sp³-hybridized carbons (Fsp3) is 0.586. The molecule has 2 fully saturated rings. The number of aryl methyl sites for hydroxylation is 1. The second-order valence-corrected chi connectivity index (χ2v) is 11.0. The van der Waals surface area contributed by atoms with Crippen molar-refractivity contribution in [2.75, 3.05) is 25.0 Å². The normalized spacial score (nSPS) is 21.3. The van der Waals surface area contributed by atoms with Gasteiger partial charge in [0.05, 0.1) is 17.8 Å². The van der Waals surface area contributed by atoms with Crippen LogP contribution in [0.2, 0.25) is 0 Å². The van der Waals surface area contributed by atoms with E-state index >= 15 is 0 Å². The minimum Gasteiger partial charge on any atom is -0.343 e. The molecule has 3 aliphatic rings. The van der Waals surface area contributed by atoms with Crippen molar-refractivity contribution < 1.29 is 14.0 Å². The lowest BCUT2D eigenvalue weighted by atomic mass is 9.83. The van der Waals surface area contributed by atoms with Crippen molar-refractivity contribution in [1.29, 1.82) is 0 Å². The van der Waals surface area contributed by atoms with E-state index in [1.165, 1.54) is 12.5 Å². The molecule has 9 heteroatoms. The van der Waals surface area contributed by atoms with Gasteiger partial charge < -0.3 is 20.4 Å². The number of carbonyl (C=O) groups excluding carboxylic acids is 2. The SMILES string of the molecule is CNC(C)C(=O)NC(C(=O)N1CCCC1c1cc(N2CCc3ccc(F)cc32)nc(C)n1)C1CCCCC1. The van der Waals surface area contributed by atoms with Gasteiger partial charge in [-0.15, -0.1) is 0 Å². The maximum atomic E-state index is 14.1. The highest BCUT2D eigenvalue weighted by Crippen LogP contribution is 2.38. The summed E-state index contributed by atoms with van der Waals surface area (Å²) in [7, 11) is 1.75. The van der Waals surface area contributed by atoms with Crippen molar-refractivity contribution in [3.05, 3.63) is 47.2 Å². The number of fused-ring (bicyclic) bond motifs is 1. The molecule has 1 saturated heterocycles. The molecular formula is C29H39FN6O2. The third-order valence-corrected chi connectivity index (χ3v) is 8.45. The lowest BCUT2D eigenvalue weighted by molar-refractivity contribution is -0.139. The second kappa shape index (κ2) is 11.4. The molecule has 0 radical (unpaired) electrons. The zero-order valence-corrected chi connectivity index (χ0v) is 22.7. The molecule has 3 atom stereocenters. The molecule has 3 unspecified atom stereocenters. The van der Waals surface area contributed by atoms with Gasteiger partial charge in [0.2, 0.25) is 11.8 Å². The summed E-state index contributed by atoms with van der Waals surface area (Å²) in [5.74, 6) is 1.08. The van der Waals surface area contributed by atoms with E-state index in [0.29, 0.717) is 12.4 Å². The van der Waals surface area contributed by atoms with Crippen LogP contribution in [0.3, 0.4) is 0 Å². The van der Waals surface area contributed by atoms with Crippen molar-refractivity contribution in [1.82, 2.24) is 25.5 Å². The van der Waals surface area contributed by atoms with Crippen molar-refractivity contribution in [2.45, 2.75) is 83.3 Å². The first-order chi connectivity index (χ1) is 18.4. The molecule has 2 N–H and O–H groups in total. The maximum Gasteiger partial charge on any atom is 0.246 e. The predicted molar refractivity (Wildman–Crippen MR) is 145 cm³/mol. The van der Waals surface area contributed by atoms with Gasteiger partial charge in [-0.25, -0.2) is 14.4 Å². The molecule has 8 nitrogen and oxygen atoms in total. The third kappa shape index (κ3) is 5.39. The zero-order chi connectivity index (χ0) is 26.8. The molecule has 1 aliphatic carbocycles. The number of nitrogens with zero attached hydrogens (tertiary/aromatic N) is 4. The molecule has 2 aliphatic heterocycles. The van der Waals surface area contributed by atoms with Gasteiger partial charge in [-0.1, -0.05) is 25.3 Å². The number of benzene rings is 1. The van der Waals surface area contributed by atoms with E-state index in [2.05, 4.69) is 15.6 Å². The van der Waals surface area contributed by atoms with E-state index in [1.54, 1.807) is 13.1 Å². The summed E-state index contributed by atoms with van der Waals surface area (Å²) in [6, 6.07) is 5.78. The van der Waals surface area contributed by atoms with Crippen molar-refractivity contribution >= 4 is 23.3 Å². The Balaban J connectivity index is 1.42. The Morgan fingerprint density at radius 2 is 1.84 bits per heavy atom. The van der Waals surface area contributed by atoms with E-state index in [4.69, 9.17) is 4.98 Å². The number of halogens is 1. The van der Waals surface area contributed by atoms with Crippen LogP contribution in [0.1, 0.15) is 75.0 Å². The van der Waals surface area contributed by atoms with Crippen molar-refractivity contribution in [2.24, 2.45) is 5.92 Å². The van der Waals surface area contributed by atoms with Crippen LogP contribution < -0.4 is 15.5 Å². The Morgan fingerprint density at radius 1 is 1.05 bits per heavy atom. The number of hydrogen-bond acceptors (Lipinski definition) is 6. The molecule has 1 saturated carbocycles. The zero-order valence-electron chi connectivity index (χ0n) is 22.7. The highest BCUT2D eigenvalue weighted by atomic mass is 19.1. The third-order valence-electron chi connectivity index (χ3n) is 8.45. The molecule has 38 heavy (non-hydrogen) atoms. The summed E-state index contributed by atoms with van der Waals surface area (Å²) in [4.78, 5) is 40.4. The first-order valence-electron chi connectivity index (χ1n) is 14.1. The first-order valence-corrected chi connectivity index (χ1v) is 14.1. The predicted octanol–water partition coefficient (Wildman–Crippen LogP) is 3.95. The van der Waals surface area contributed by atoms with E-state index < -0.39 is 6.04 Å². The number of carbonyl (C=O) groups is 2. The molecule has 1 aromatic carbocycles. The van der Waals surface area contributed by atoms with Gasteiger partial charge in [0, 0.05) is 24.8 Å². The first kappa shape index (κ1) is 26.5. The number of likely N-dealkylation sites (tertiary alicyclic amines) is 1. The maximum absolute atomic E-state index is 14.1. The molecule has 2 aromatic rings. The smallest absolute Gasteiger partial charge is 0.246 e. The van der Waals surface area contributed by atoms with Gasteiger partial charge in [-0.2, -0.15) is 0 Å². The minimum atomic E-state index is -0.532. The molecule has 204 valence electrons. The molecule has 0 spiro atoms. The van der Waals surface area contributed by atoms with Crippen molar-refractivity contribution in [3.63, 3.8) is 0 Å². The van der Waals surface area contributed by atoms with Crippen molar-refractivity contribution in [3.8, 4) is 0 Å². The number of hydrogen-bond donors (Lipinski definition) is 2. The standard InChI is InChI=1S/C29H39FN6O2/c1-18(31-3)28(37)34-27(21-8-5-4-6-9-21)29(38)36-14-7-10-24(36)23-17-26(33-19(2)32-23)35-15-13-20-11-12-22(30)16-25(20)35/h11-12,16-18,21,24,27,31H,4-10,13-15H2,1-3H3,(H,34,37). The van der Waals surface area contributed by atoms with Crippen LogP contribution in [0, 0.1) is 18.7 Å². The van der Waals surface area contributed by atoms with E-state index in [9.17, 15) is 14.0 Å².